The molecule has 2 unspecified atom stereocenters. The molecule has 0 aromatic heterocycles. The van der Waals surface area contributed by atoms with Crippen molar-refractivity contribution in [2.75, 3.05) is 26.2 Å². The van der Waals surface area contributed by atoms with Gasteiger partial charge in [0, 0.05) is 12.6 Å². The van der Waals surface area contributed by atoms with Gasteiger partial charge in [-0.25, -0.2) is 0 Å². The quantitative estimate of drug-likeness (QED) is 0.559. The van der Waals surface area contributed by atoms with Crippen LogP contribution in [0.3, 0.4) is 0 Å². The summed E-state index contributed by atoms with van der Waals surface area (Å²) >= 11 is 0. The summed E-state index contributed by atoms with van der Waals surface area (Å²) in [5.74, 6) is -0.0474. The molecule has 1 aliphatic rings. The Bertz CT molecular complexity index is 301. The van der Waals surface area contributed by atoms with Crippen LogP contribution in [0.5, 0.6) is 0 Å². The van der Waals surface area contributed by atoms with Crippen molar-refractivity contribution in [3.8, 4) is 0 Å². The number of rotatable bonds is 9. The molecule has 21 heavy (non-hydrogen) atoms. The summed E-state index contributed by atoms with van der Waals surface area (Å²) in [5.41, 5.74) is 5.23. The Hall–Kier alpha value is -0.360. The third kappa shape index (κ3) is 6.96. The molecular weight excluding hydrogens is 290 g/mol. The number of likely N-dealkylation sites (tertiary alicyclic amines) is 1. The molecule has 5 nitrogen and oxygen atoms in total. The van der Waals surface area contributed by atoms with Crippen LogP contribution in [0.1, 0.15) is 52.4 Å². The van der Waals surface area contributed by atoms with E-state index in [-0.39, 0.29) is 24.9 Å². The fraction of sp³-hybridized carbons (Fsp3) is 0.933. The molecule has 1 aliphatic heterocycles. The summed E-state index contributed by atoms with van der Waals surface area (Å²) in [7, 11) is 0. The zero-order valence-corrected chi connectivity index (χ0v) is 14.3. The van der Waals surface area contributed by atoms with Crippen LogP contribution in [-0.4, -0.2) is 53.7 Å². The van der Waals surface area contributed by atoms with Gasteiger partial charge in [-0.05, 0) is 52.1 Å². The number of halogens is 1. The molecular formula is C15H32ClN3O2. The molecule has 126 valence electrons. The highest BCUT2D eigenvalue weighted by Gasteiger charge is 2.26. The fourth-order valence-corrected chi connectivity index (χ4v) is 2.87. The van der Waals surface area contributed by atoms with Gasteiger partial charge in [0.2, 0.25) is 5.91 Å². The molecule has 1 fully saturated rings. The van der Waals surface area contributed by atoms with Gasteiger partial charge in [0.1, 0.15) is 0 Å². The molecule has 0 aromatic rings. The van der Waals surface area contributed by atoms with Crippen LogP contribution in [0.15, 0.2) is 0 Å². The molecule has 0 bridgehead atoms. The number of nitrogens with zero attached hydrogens (tertiary/aromatic N) is 1. The lowest BCUT2D eigenvalue weighted by molar-refractivity contribution is -0.126. The monoisotopic (exact) mass is 321 g/mol. The van der Waals surface area contributed by atoms with Gasteiger partial charge in [-0.15, -0.1) is 12.4 Å². The lowest BCUT2D eigenvalue weighted by Gasteiger charge is -2.24. The van der Waals surface area contributed by atoms with Crippen LogP contribution >= 0.6 is 12.4 Å². The van der Waals surface area contributed by atoms with E-state index in [0.717, 1.165) is 38.8 Å². The number of hydrogen-bond donors (Lipinski definition) is 3. The van der Waals surface area contributed by atoms with E-state index < -0.39 is 5.54 Å². The number of carbonyl (C=O) groups is 1. The summed E-state index contributed by atoms with van der Waals surface area (Å²) in [4.78, 5) is 14.2. The molecule has 1 heterocycles. The van der Waals surface area contributed by atoms with Gasteiger partial charge in [0.05, 0.1) is 12.1 Å². The minimum absolute atomic E-state index is 0. The predicted octanol–water partition coefficient (Wildman–Crippen LogP) is 1.28. The van der Waals surface area contributed by atoms with Crippen LogP contribution < -0.4 is 11.1 Å². The van der Waals surface area contributed by atoms with Gasteiger partial charge < -0.3 is 16.2 Å². The van der Waals surface area contributed by atoms with Gasteiger partial charge in [-0.1, -0.05) is 13.3 Å². The zero-order valence-electron chi connectivity index (χ0n) is 13.4. The lowest BCUT2D eigenvalue weighted by atomic mass is 9.96. The molecule has 0 radical (unpaired) electrons. The Labute approximate surface area is 135 Å². The highest BCUT2D eigenvalue weighted by Crippen LogP contribution is 2.16. The van der Waals surface area contributed by atoms with Crippen LogP contribution in [0.2, 0.25) is 0 Å². The highest BCUT2D eigenvalue weighted by atomic mass is 35.5. The van der Waals surface area contributed by atoms with Crippen molar-refractivity contribution >= 4 is 18.3 Å². The van der Waals surface area contributed by atoms with Crippen molar-refractivity contribution in [2.24, 2.45) is 5.73 Å². The van der Waals surface area contributed by atoms with Gasteiger partial charge in [-0.2, -0.15) is 0 Å². The fourth-order valence-electron chi connectivity index (χ4n) is 2.87. The van der Waals surface area contributed by atoms with Gasteiger partial charge in [-0.3, -0.25) is 9.69 Å². The molecule has 0 saturated carbocycles. The first-order chi connectivity index (χ1) is 9.51. The number of nitrogens with two attached hydrogens (primary N) is 1. The first kappa shape index (κ1) is 20.6. The van der Waals surface area contributed by atoms with Crippen molar-refractivity contribution in [3.63, 3.8) is 0 Å². The maximum Gasteiger partial charge on any atom is 0.239 e. The number of aliphatic hydroxyl groups excluding tert-OH is 1. The molecule has 0 spiro atoms. The minimum Gasteiger partial charge on any atom is -0.395 e. The largest absolute Gasteiger partial charge is 0.395 e. The Morgan fingerprint density at radius 3 is 2.81 bits per heavy atom. The van der Waals surface area contributed by atoms with E-state index >= 15 is 0 Å². The van der Waals surface area contributed by atoms with Gasteiger partial charge in [0.25, 0.3) is 0 Å². The first-order valence-electron chi connectivity index (χ1n) is 7.93. The summed E-state index contributed by atoms with van der Waals surface area (Å²) in [6.07, 6.45) is 5.93. The van der Waals surface area contributed by atoms with Crippen molar-refractivity contribution < 1.29 is 9.90 Å². The van der Waals surface area contributed by atoms with Gasteiger partial charge in [0.15, 0.2) is 0 Å². The summed E-state index contributed by atoms with van der Waals surface area (Å²) < 4.78 is 0. The molecule has 6 heteroatoms. The zero-order chi connectivity index (χ0) is 15.0. The van der Waals surface area contributed by atoms with Crippen LogP contribution in [0.4, 0.5) is 0 Å². The van der Waals surface area contributed by atoms with Crippen molar-refractivity contribution in [2.45, 2.75) is 64.0 Å². The van der Waals surface area contributed by atoms with Crippen molar-refractivity contribution in [3.05, 3.63) is 0 Å². The smallest absolute Gasteiger partial charge is 0.239 e. The van der Waals surface area contributed by atoms with Crippen LogP contribution in [0, 0.1) is 0 Å². The van der Waals surface area contributed by atoms with E-state index in [9.17, 15) is 9.90 Å². The first-order valence-corrected chi connectivity index (χ1v) is 7.93. The number of unbranched alkanes of at least 4 members (excludes halogenated alkanes) is 1. The predicted molar refractivity (Wildman–Crippen MR) is 88.7 cm³/mol. The number of hydrogen-bond acceptors (Lipinski definition) is 4. The maximum atomic E-state index is 11.9. The van der Waals surface area contributed by atoms with E-state index in [4.69, 9.17) is 5.73 Å². The second-order valence-electron chi connectivity index (χ2n) is 6.15. The standard InChI is InChI=1S/C15H31N3O2.ClH/c1-3-8-15(2,16)14(20)17-9-4-5-10-18-11-6-7-13(18)12-19;/h13,19H,3-12,16H2,1-2H3,(H,17,20);1H. The third-order valence-corrected chi connectivity index (χ3v) is 4.16. The van der Waals surface area contributed by atoms with E-state index in [0.29, 0.717) is 19.0 Å². The Morgan fingerprint density at radius 2 is 2.19 bits per heavy atom. The third-order valence-electron chi connectivity index (χ3n) is 4.16. The Kier molecular flexibility index (Phi) is 10.2. The lowest BCUT2D eigenvalue weighted by Crippen LogP contribution is -2.51. The van der Waals surface area contributed by atoms with Gasteiger partial charge >= 0.3 is 0 Å². The van der Waals surface area contributed by atoms with E-state index in [1.807, 2.05) is 6.92 Å². The summed E-state index contributed by atoms with van der Waals surface area (Å²) in [6.45, 7) is 6.88. The number of aliphatic hydroxyl groups is 1. The van der Waals surface area contributed by atoms with Crippen LogP contribution in [0.25, 0.3) is 0 Å². The molecule has 0 aromatic carbocycles. The molecule has 0 aliphatic carbocycles. The van der Waals surface area contributed by atoms with Crippen molar-refractivity contribution in [1.29, 1.82) is 0 Å². The second kappa shape index (κ2) is 10.4. The topological polar surface area (TPSA) is 78.6 Å². The number of nitrogens with one attached hydrogen (secondary N) is 1. The minimum atomic E-state index is -0.744. The van der Waals surface area contributed by atoms with E-state index in [1.54, 1.807) is 6.92 Å². The van der Waals surface area contributed by atoms with Crippen molar-refractivity contribution in [1.82, 2.24) is 10.2 Å². The normalized spacial score (nSPS) is 21.6. The maximum absolute atomic E-state index is 11.9. The number of amides is 1. The molecule has 4 N–H and O–H groups in total. The number of carbonyl (C=O) groups excluding carboxylic acids is 1. The Morgan fingerprint density at radius 1 is 1.48 bits per heavy atom. The average Bonchev–Trinajstić information content (AvgIpc) is 2.85. The SMILES string of the molecule is CCCC(C)(N)C(=O)NCCCCN1CCCC1CO.Cl. The van der Waals surface area contributed by atoms with E-state index in [1.165, 1.54) is 6.42 Å². The van der Waals surface area contributed by atoms with Crippen LogP contribution in [-0.2, 0) is 4.79 Å². The summed E-state index contributed by atoms with van der Waals surface area (Å²) in [5, 5.41) is 12.2. The molecule has 2 atom stereocenters. The summed E-state index contributed by atoms with van der Waals surface area (Å²) in [6, 6.07) is 0.349. The van der Waals surface area contributed by atoms with E-state index in [2.05, 4.69) is 10.2 Å². The molecule has 1 amide bonds. The Balaban J connectivity index is 0.00000400. The molecule has 1 saturated heterocycles. The highest BCUT2D eigenvalue weighted by molar-refractivity contribution is 5.85. The second-order valence-corrected chi connectivity index (χ2v) is 6.15. The average molecular weight is 322 g/mol. The molecule has 1 rings (SSSR count).